The molecule has 0 aliphatic heterocycles. The lowest BCUT2D eigenvalue weighted by Crippen LogP contribution is -1.96. The molecule has 0 spiro atoms. The van der Waals surface area contributed by atoms with E-state index in [0.29, 0.717) is 12.2 Å². The van der Waals surface area contributed by atoms with E-state index in [-0.39, 0.29) is 5.82 Å². The fourth-order valence-electron chi connectivity index (χ4n) is 2.11. The highest BCUT2D eigenvalue weighted by atomic mass is 19.1. The first kappa shape index (κ1) is 14.1. The molecule has 0 bridgehead atoms. The Labute approximate surface area is 128 Å². The van der Waals surface area contributed by atoms with Gasteiger partial charge < -0.3 is 10.5 Å². The number of pyridine rings is 1. The number of nitrogens with zero attached hydrogens (tertiary/aromatic N) is 1. The fraction of sp³-hybridized carbons (Fsp3) is 0.0556. The maximum absolute atomic E-state index is 13.5. The number of anilines is 1. The van der Waals surface area contributed by atoms with E-state index in [1.165, 1.54) is 6.07 Å². The van der Waals surface area contributed by atoms with Gasteiger partial charge in [-0.1, -0.05) is 42.5 Å². The van der Waals surface area contributed by atoms with Gasteiger partial charge in [0.05, 0.1) is 0 Å². The molecule has 0 saturated carbocycles. The molecule has 1 aromatic heterocycles. The van der Waals surface area contributed by atoms with Crippen molar-refractivity contribution in [2.75, 3.05) is 5.73 Å². The summed E-state index contributed by atoms with van der Waals surface area (Å²) in [6.45, 7) is 0.485. The van der Waals surface area contributed by atoms with Crippen LogP contribution in [0.4, 0.5) is 10.2 Å². The normalized spacial score (nSPS) is 10.4. The Balaban J connectivity index is 1.79. The Morgan fingerprint density at radius 2 is 1.77 bits per heavy atom. The highest BCUT2D eigenvalue weighted by Gasteiger charge is 2.05. The van der Waals surface area contributed by atoms with Crippen molar-refractivity contribution in [2.45, 2.75) is 6.61 Å². The van der Waals surface area contributed by atoms with Crippen molar-refractivity contribution in [1.82, 2.24) is 4.98 Å². The standard InChI is InChI=1S/C18H15FN2O/c19-17-10-15(11-21-18(17)20)14-7-4-8-16(9-14)22-12-13-5-2-1-3-6-13/h1-11H,12H2,(H2,20,21). The van der Waals surface area contributed by atoms with Crippen LogP contribution in [0.15, 0.2) is 66.9 Å². The molecule has 0 saturated heterocycles. The third kappa shape index (κ3) is 3.23. The van der Waals surface area contributed by atoms with Gasteiger partial charge in [0, 0.05) is 11.8 Å². The largest absolute Gasteiger partial charge is 0.489 e. The van der Waals surface area contributed by atoms with Crippen LogP contribution in [0, 0.1) is 5.82 Å². The average Bonchev–Trinajstić information content (AvgIpc) is 2.57. The highest BCUT2D eigenvalue weighted by molar-refractivity contribution is 5.65. The highest BCUT2D eigenvalue weighted by Crippen LogP contribution is 2.25. The monoisotopic (exact) mass is 294 g/mol. The number of hydrogen-bond acceptors (Lipinski definition) is 3. The summed E-state index contributed by atoms with van der Waals surface area (Å²) in [6.07, 6.45) is 1.55. The van der Waals surface area contributed by atoms with Crippen LogP contribution in [0.1, 0.15) is 5.56 Å². The number of aromatic nitrogens is 1. The summed E-state index contributed by atoms with van der Waals surface area (Å²) in [4.78, 5) is 3.84. The van der Waals surface area contributed by atoms with Gasteiger partial charge in [0.25, 0.3) is 0 Å². The Morgan fingerprint density at radius 1 is 0.955 bits per heavy atom. The van der Waals surface area contributed by atoms with Gasteiger partial charge >= 0.3 is 0 Å². The molecule has 0 atom stereocenters. The van der Waals surface area contributed by atoms with Crippen LogP contribution in [0.25, 0.3) is 11.1 Å². The van der Waals surface area contributed by atoms with E-state index >= 15 is 0 Å². The van der Waals surface area contributed by atoms with Crippen molar-refractivity contribution in [3.05, 3.63) is 78.2 Å². The van der Waals surface area contributed by atoms with Crippen molar-refractivity contribution < 1.29 is 9.13 Å². The lowest BCUT2D eigenvalue weighted by atomic mass is 10.1. The molecule has 0 amide bonds. The summed E-state index contributed by atoms with van der Waals surface area (Å²) in [6, 6.07) is 18.8. The van der Waals surface area contributed by atoms with E-state index in [1.807, 2.05) is 54.6 Å². The van der Waals surface area contributed by atoms with Crippen molar-refractivity contribution in [3.63, 3.8) is 0 Å². The number of benzene rings is 2. The van der Waals surface area contributed by atoms with Gasteiger partial charge in [-0.3, -0.25) is 0 Å². The van der Waals surface area contributed by atoms with Crippen molar-refractivity contribution in [1.29, 1.82) is 0 Å². The van der Waals surface area contributed by atoms with Crippen LogP contribution in [0.2, 0.25) is 0 Å². The van der Waals surface area contributed by atoms with E-state index in [0.717, 1.165) is 16.9 Å². The molecule has 3 rings (SSSR count). The van der Waals surface area contributed by atoms with Crippen LogP contribution < -0.4 is 10.5 Å². The first-order valence-electron chi connectivity index (χ1n) is 6.90. The third-order valence-electron chi connectivity index (χ3n) is 3.29. The zero-order valence-electron chi connectivity index (χ0n) is 11.9. The van der Waals surface area contributed by atoms with E-state index in [9.17, 15) is 4.39 Å². The smallest absolute Gasteiger partial charge is 0.165 e. The quantitative estimate of drug-likeness (QED) is 0.789. The molecule has 0 aliphatic carbocycles. The zero-order valence-corrected chi connectivity index (χ0v) is 11.9. The van der Waals surface area contributed by atoms with Crippen molar-refractivity contribution in [2.24, 2.45) is 0 Å². The van der Waals surface area contributed by atoms with Gasteiger partial charge in [-0.25, -0.2) is 9.37 Å². The molecule has 0 unspecified atom stereocenters. The molecule has 3 nitrogen and oxygen atoms in total. The molecule has 0 aliphatic rings. The average molecular weight is 294 g/mol. The molecule has 2 aromatic carbocycles. The summed E-state index contributed by atoms with van der Waals surface area (Å²) in [7, 11) is 0. The number of rotatable bonds is 4. The van der Waals surface area contributed by atoms with Crippen LogP contribution >= 0.6 is 0 Å². The maximum atomic E-state index is 13.5. The molecular formula is C18H15FN2O. The number of halogens is 1. The Hall–Kier alpha value is -2.88. The zero-order chi connectivity index (χ0) is 15.4. The summed E-state index contributed by atoms with van der Waals surface area (Å²) in [5, 5.41) is 0. The van der Waals surface area contributed by atoms with Crippen LogP contribution in [-0.4, -0.2) is 4.98 Å². The minimum atomic E-state index is -0.520. The second kappa shape index (κ2) is 6.26. The summed E-state index contributed by atoms with van der Waals surface area (Å²) in [5.74, 6) is 0.104. The summed E-state index contributed by atoms with van der Waals surface area (Å²) >= 11 is 0. The molecular weight excluding hydrogens is 279 g/mol. The number of ether oxygens (including phenoxy) is 1. The molecule has 2 N–H and O–H groups in total. The predicted molar refractivity (Wildman–Crippen MR) is 84.8 cm³/mol. The lowest BCUT2D eigenvalue weighted by Gasteiger charge is -2.08. The maximum Gasteiger partial charge on any atom is 0.165 e. The van der Waals surface area contributed by atoms with E-state index in [2.05, 4.69) is 4.98 Å². The first-order chi connectivity index (χ1) is 10.7. The summed E-state index contributed by atoms with van der Waals surface area (Å²) in [5.41, 5.74) is 7.98. The second-order valence-electron chi connectivity index (χ2n) is 4.89. The van der Waals surface area contributed by atoms with Gasteiger partial charge in [0.15, 0.2) is 11.6 Å². The topological polar surface area (TPSA) is 48.1 Å². The second-order valence-corrected chi connectivity index (χ2v) is 4.89. The molecule has 110 valence electrons. The fourth-order valence-corrected chi connectivity index (χ4v) is 2.11. The van der Waals surface area contributed by atoms with Crippen LogP contribution in [-0.2, 0) is 6.61 Å². The van der Waals surface area contributed by atoms with Gasteiger partial charge in [0.1, 0.15) is 12.4 Å². The molecule has 0 fully saturated rings. The molecule has 1 heterocycles. The van der Waals surface area contributed by atoms with Gasteiger partial charge in [-0.05, 0) is 29.3 Å². The SMILES string of the molecule is Nc1ncc(-c2cccc(OCc3ccccc3)c2)cc1F. The number of hydrogen-bond donors (Lipinski definition) is 1. The summed E-state index contributed by atoms with van der Waals surface area (Å²) < 4.78 is 19.3. The van der Waals surface area contributed by atoms with Gasteiger partial charge in [-0.2, -0.15) is 0 Å². The predicted octanol–water partition coefficient (Wildman–Crippen LogP) is 4.05. The molecule has 0 radical (unpaired) electrons. The first-order valence-corrected chi connectivity index (χ1v) is 6.90. The van der Waals surface area contributed by atoms with E-state index in [4.69, 9.17) is 10.5 Å². The van der Waals surface area contributed by atoms with E-state index < -0.39 is 5.82 Å². The molecule has 22 heavy (non-hydrogen) atoms. The van der Waals surface area contributed by atoms with Crippen LogP contribution in [0.5, 0.6) is 5.75 Å². The van der Waals surface area contributed by atoms with Crippen molar-refractivity contribution in [3.8, 4) is 16.9 Å². The Kier molecular flexibility index (Phi) is 4.01. The molecule has 3 aromatic rings. The van der Waals surface area contributed by atoms with Crippen molar-refractivity contribution >= 4 is 5.82 Å². The Bertz CT molecular complexity index is 775. The number of nitrogen functional groups attached to an aromatic ring is 1. The van der Waals surface area contributed by atoms with Gasteiger partial charge in [0.2, 0.25) is 0 Å². The Morgan fingerprint density at radius 3 is 2.55 bits per heavy atom. The third-order valence-corrected chi connectivity index (χ3v) is 3.29. The minimum absolute atomic E-state index is 0.0970. The van der Waals surface area contributed by atoms with Crippen LogP contribution in [0.3, 0.4) is 0 Å². The lowest BCUT2D eigenvalue weighted by molar-refractivity contribution is 0.306. The number of nitrogens with two attached hydrogens (primary N) is 1. The van der Waals surface area contributed by atoms with Gasteiger partial charge in [-0.15, -0.1) is 0 Å². The minimum Gasteiger partial charge on any atom is -0.489 e. The molecule has 4 heteroatoms. The van der Waals surface area contributed by atoms with E-state index in [1.54, 1.807) is 6.20 Å².